The number of aryl methyl sites for hydroxylation is 1. The van der Waals surface area contributed by atoms with Crippen LogP contribution in [0.3, 0.4) is 0 Å². The van der Waals surface area contributed by atoms with Crippen LogP contribution in [0.2, 0.25) is 0 Å². The van der Waals surface area contributed by atoms with Gasteiger partial charge in [-0.1, -0.05) is 31.2 Å². The lowest BCUT2D eigenvalue weighted by molar-refractivity contribution is -0.129. The summed E-state index contributed by atoms with van der Waals surface area (Å²) in [5.41, 5.74) is 2.58. The highest BCUT2D eigenvalue weighted by atomic mass is 16.2. The van der Waals surface area contributed by atoms with Crippen molar-refractivity contribution in [2.45, 2.75) is 45.2 Å². The molecule has 3 heteroatoms. The second-order valence-corrected chi connectivity index (χ2v) is 5.43. The third-order valence-corrected chi connectivity index (χ3v) is 3.94. The Morgan fingerprint density at radius 2 is 2.00 bits per heavy atom. The molecular weight excluding hydrogens is 236 g/mol. The molecule has 0 aromatic heterocycles. The van der Waals surface area contributed by atoms with Crippen LogP contribution in [0.25, 0.3) is 0 Å². The molecule has 1 fully saturated rings. The van der Waals surface area contributed by atoms with Crippen molar-refractivity contribution in [1.29, 1.82) is 0 Å². The third-order valence-electron chi connectivity index (χ3n) is 3.94. The normalized spacial score (nSPS) is 16.2. The fourth-order valence-electron chi connectivity index (χ4n) is 2.19. The molecule has 104 valence electrons. The Morgan fingerprint density at radius 3 is 2.53 bits per heavy atom. The van der Waals surface area contributed by atoms with Crippen molar-refractivity contribution >= 4 is 5.91 Å². The largest absolute Gasteiger partial charge is 0.342 e. The summed E-state index contributed by atoms with van der Waals surface area (Å²) in [7, 11) is 1.91. The van der Waals surface area contributed by atoms with Crippen molar-refractivity contribution in [3.8, 4) is 0 Å². The van der Waals surface area contributed by atoms with Crippen LogP contribution in [0, 0.1) is 0 Å². The van der Waals surface area contributed by atoms with Gasteiger partial charge in [0.1, 0.15) is 0 Å². The van der Waals surface area contributed by atoms with Gasteiger partial charge in [-0.15, -0.1) is 0 Å². The molecule has 1 unspecified atom stereocenters. The average Bonchev–Trinajstić information content (AvgIpc) is 3.28. The zero-order valence-electron chi connectivity index (χ0n) is 12.1. The van der Waals surface area contributed by atoms with Crippen LogP contribution in [0.5, 0.6) is 0 Å². The van der Waals surface area contributed by atoms with E-state index < -0.39 is 0 Å². The number of amides is 1. The number of nitrogens with zero attached hydrogens (tertiary/aromatic N) is 1. The first-order valence-corrected chi connectivity index (χ1v) is 7.19. The molecule has 1 saturated carbocycles. The maximum Gasteiger partial charge on any atom is 0.236 e. The van der Waals surface area contributed by atoms with Gasteiger partial charge in [0.25, 0.3) is 0 Å². The molecule has 1 atom stereocenters. The first-order chi connectivity index (χ1) is 9.11. The molecule has 0 bridgehead atoms. The lowest BCUT2D eigenvalue weighted by Crippen LogP contribution is -2.37. The quantitative estimate of drug-likeness (QED) is 0.852. The maximum atomic E-state index is 11.9. The molecule has 0 radical (unpaired) electrons. The van der Waals surface area contributed by atoms with E-state index in [4.69, 9.17) is 0 Å². The fourth-order valence-corrected chi connectivity index (χ4v) is 2.19. The molecule has 1 aromatic rings. The van der Waals surface area contributed by atoms with E-state index in [1.807, 2.05) is 11.9 Å². The minimum atomic E-state index is 0.194. The number of carbonyl (C=O) groups excluding carboxylic acids is 1. The number of hydrogen-bond donors (Lipinski definition) is 1. The van der Waals surface area contributed by atoms with Crippen LogP contribution in [0.1, 0.15) is 43.9 Å². The SMILES string of the molecule is CCc1ccc(C(C)NCC(=O)N(C)C2CC2)cc1. The van der Waals surface area contributed by atoms with Crippen LogP contribution in [0.4, 0.5) is 0 Å². The van der Waals surface area contributed by atoms with Crippen LogP contribution < -0.4 is 5.32 Å². The van der Waals surface area contributed by atoms with Crippen molar-refractivity contribution in [1.82, 2.24) is 10.2 Å². The predicted molar refractivity (Wildman–Crippen MR) is 78.0 cm³/mol. The van der Waals surface area contributed by atoms with E-state index in [9.17, 15) is 4.79 Å². The standard InChI is InChI=1S/C16H24N2O/c1-4-13-5-7-14(8-6-13)12(2)17-11-16(19)18(3)15-9-10-15/h5-8,12,15,17H,4,9-11H2,1-3H3. The van der Waals surface area contributed by atoms with Gasteiger partial charge < -0.3 is 10.2 Å². The van der Waals surface area contributed by atoms with E-state index in [1.165, 1.54) is 11.1 Å². The average molecular weight is 260 g/mol. The van der Waals surface area contributed by atoms with E-state index in [-0.39, 0.29) is 11.9 Å². The zero-order chi connectivity index (χ0) is 13.8. The second kappa shape index (κ2) is 6.20. The number of rotatable bonds is 6. The summed E-state index contributed by atoms with van der Waals surface area (Å²) in [4.78, 5) is 13.8. The molecule has 1 aromatic carbocycles. The Balaban J connectivity index is 1.82. The minimum Gasteiger partial charge on any atom is -0.342 e. The lowest BCUT2D eigenvalue weighted by Gasteiger charge is -2.19. The third kappa shape index (κ3) is 3.80. The summed E-state index contributed by atoms with van der Waals surface area (Å²) in [6.45, 7) is 4.68. The van der Waals surface area contributed by atoms with E-state index in [0.717, 1.165) is 19.3 Å². The molecular formula is C16H24N2O. The van der Waals surface area contributed by atoms with Crippen LogP contribution in [0.15, 0.2) is 24.3 Å². The van der Waals surface area contributed by atoms with E-state index in [0.29, 0.717) is 12.6 Å². The molecule has 1 N–H and O–H groups in total. The molecule has 2 rings (SSSR count). The Hall–Kier alpha value is -1.35. The van der Waals surface area contributed by atoms with Gasteiger partial charge in [0.05, 0.1) is 6.54 Å². The fraction of sp³-hybridized carbons (Fsp3) is 0.562. The van der Waals surface area contributed by atoms with E-state index >= 15 is 0 Å². The summed E-state index contributed by atoms with van der Waals surface area (Å²) in [5, 5.41) is 3.31. The minimum absolute atomic E-state index is 0.194. The molecule has 1 aliphatic carbocycles. The lowest BCUT2D eigenvalue weighted by atomic mass is 10.1. The molecule has 1 amide bonds. The molecule has 19 heavy (non-hydrogen) atoms. The summed E-state index contributed by atoms with van der Waals surface area (Å²) < 4.78 is 0. The number of nitrogens with one attached hydrogen (secondary N) is 1. The molecule has 1 aliphatic rings. The summed E-state index contributed by atoms with van der Waals surface area (Å²) in [6.07, 6.45) is 3.39. The Labute approximate surface area is 116 Å². The van der Waals surface area contributed by atoms with Crippen molar-refractivity contribution in [3.05, 3.63) is 35.4 Å². The summed E-state index contributed by atoms with van der Waals surface area (Å²) >= 11 is 0. The smallest absolute Gasteiger partial charge is 0.236 e. The van der Waals surface area contributed by atoms with Crippen molar-refractivity contribution < 1.29 is 4.79 Å². The Bertz CT molecular complexity index is 423. The number of carbonyl (C=O) groups is 1. The molecule has 0 heterocycles. The van der Waals surface area contributed by atoms with Gasteiger partial charge in [0.2, 0.25) is 5.91 Å². The highest BCUT2D eigenvalue weighted by molar-refractivity contribution is 5.78. The Kier molecular flexibility index (Phi) is 4.59. The van der Waals surface area contributed by atoms with Gasteiger partial charge in [-0.05, 0) is 37.3 Å². The van der Waals surface area contributed by atoms with Gasteiger partial charge in [0, 0.05) is 19.1 Å². The number of likely N-dealkylation sites (N-methyl/N-ethyl adjacent to an activating group) is 1. The first kappa shape index (κ1) is 14.1. The zero-order valence-corrected chi connectivity index (χ0v) is 12.1. The van der Waals surface area contributed by atoms with Gasteiger partial charge in [-0.3, -0.25) is 4.79 Å². The highest BCUT2D eigenvalue weighted by Crippen LogP contribution is 2.25. The summed E-state index contributed by atoms with van der Waals surface area (Å²) in [6, 6.07) is 9.31. The Morgan fingerprint density at radius 1 is 1.37 bits per heavy atom. The predicted octanol–water partition coefficient (Wildman–Crippen LogP) is 2.52. The van der Waals surface area contributed by atoms with Crippen LogP contribution >= 0.6 is 0 Å². The van der Waals surface area contributed by atoms with Crippen molar-refractivity contribution in [3.63, 3.8) is 0 Å². The second-order valence-electron chi connectivity index (χ2n) is 5.43. The van der Waals surface area contributed by atoms with Crippen LogP contribution in [-0.2, 0) is 11.2 Å². The first-order valence-electron chi connectivity index (χ1n) is 7.19. The maximum absolute atomic E-state index is 11.9. The van der Waals surface area contributed by atoms with Gasteiger partial charge in [-0.2, -0.15) is 0 Å². The molecule has 0 spiro atoms. The van der Waals surface area contributed by atoms with Crippen LogP contribution in [-0.4, -0.2) is 30.4 Å². The van der Waals surface area contributed by atoms with E-state index in [1.54, 1.807) is 0 Å². The van der Waals surface area contributed by atoms with Gasteiger partial charge >= 0.3 is 0 Å². The van der Waals surface area contributed by atoms with Gasteiger partial charge in [-0.25, -0.2) is 0 Å². The molecule has 0 saturated heterocycles. The van der Waals surface area contributed by atoms with Gasteiger partial charge in [0.15, 0.2) is 0 Å². The van der Waals surface area contributed by atoms with Crippen molar-refractivity contribution in [2.75, 3.05) is 13.6 Å². The monoisotopic (exact) mass is 260 g/mol. The topological polar surface area (TPSA) is 32.3 Å². The van der Waals surface area contributed by atoms with E-state index in [2.05, 4.69) is 43.4 Å². The summed E-state index contributed by atoms with van der Waals surface area (Å²) in [5.74, 6) is 0.194. The number of hydrogen-bond acceptors (Lipinski definition) is 2. The highest BCUT2D eigenvalue weighted by Gasteiger charge is 2.29. The molecule has 0 aliphatic heterocycles. The molecule has 3 nitrogen and oxygen atoms in total. The van der Waals surface area contributed by atoms with Crippen molar-refractivity contribution in [2.24, 2.45) is 0 Å². The number of benzene rings is 1.